The lowest BCUT2D eigenvalue weighted by molar-refractivity contribution is 0.735. The molecule has 0 fully saturated rings. The van der Waals surface area contributed by atoms with Gasteiger partial charge in [-0.3, -0.25) is 0 Å². The van der Waals surface area contributed by atoms with Gasteiger partial charge >= 0.3 is 0 Å². The van der Waals surface area contributed by atoms with Crippen LogP contribution in [0.3, 0.4) is 0 Å². The second kappa shape index (κ2) is 5.71. The van der Waals surface area contributed by atoms with Crippen LogP contribution in [-0.2, 0) is 6.42 Å². The van der Waals surface area contributed by atoms with Crippen LogP contribution in [0.4, 0.5) is 0 Å². The van der Waals surface area contributed by atoms with Crippen LogP contribution >= 0.6 is 27.7 Å². The molecule has 0 saturated carbocycles. The number of halogens is 1. The highest BCUT2D eigenvalue weighted by Crippen LogP contribution is 2.29. The van der Waals surface area contributed by atoms with E-state index >= 15 is 0 Å². The number of imidazole rings is 1. The summed E-state index contributed by atoms with van der Waals surface area (Å²) in [6.45, 7) is 2.01. The van der Waals surface area contributed by atoms with Gasteiger partial charge in [0.15, 0.2) is 5.16 Å². The van der Waals surface area contributed by atoms with Crippen molar-refractivity contribution in [3.05, 3.63) is 40.6 Å². The molecule has 1 aromatic heterocycles. The van der Waals surface area contributed by atoms with Crippen molar-refractivity contribution in [3.8, 4) is 0 Å². The Morgan fingerprint density at radius 3 is 2.94 bits per heavy atom. The minimum Gasteiger partial charge on any atom is -0.339 e. The largest absolute Gasteiger partial charge is 0.339 e. The molecule has 0 amide bonds. The van der Waals surface area contributed by atoms with Crippen molar-refractivity contribution in [1.29, 1.82) is 0 Å². The molecule has 0 aliphatic carbocycles. The smallest absolute Gasteiger partial charge is 0.170 e. The summed E-state index contributed by atoms with van der Waals surface area (Å²) in [6.07, 6.45) is 4.45. The van der Waals surface area contributed by atoms with Crippen molar-refractivity contribution in [3.63, 3.8) is 0 Å². The predicted molar refractivity (Wildman–Crippen MR) is 74.2 cm³/mol. The highest BCUT2D eigenvalue weighted by molar-refractivity contribution is 9.10. The molecule has 0 spiro atoms. The van der Waals surface area contributed by atoms with E-state index in [2.05, 4.69) is 44.1 Å². The fourth-order valence-corrected chi connectivity index (χ4v) is 2.99. The van der Waals surface area contributed by atoms with Crippen LogP contribution in [-0.4, -0.2) is 16.0 Å². The summed E-state index contributed by atoms with van der Waals surface area (Å²) in [5.41, 5.74) is 7.04. The SMILES string of the molecule is CC(N)Cc1ccc(Sc2ncc[nH]2)cc1Br. The number of aromatic amines is 1. The minimum absolute atomic E-state index is 0.176. The number of nitrogens with one attached hydrogen (secondary N) is 1. The molecule has 2 rings (SSSR count). The molecule has 3 N–H and O–H groups in total. The summed E-state index contributed by atoms with van der Waals surface area (Å²) >= 11 is 5.19. The van der Waals surface area contributed by atoms with Crippen molar-refractivity contribution < 1.29 is 0 Å². The Morgan fingerprint density at radius 1 is 1.53 bits per heavy atom. The van der Waals surface area contributed by atoms with Gasteiger partial charge in [0, 0.05) is 27.8 Å². The van der Waals surface area contributed by atoms with Crippen molar-refractivity contribution in [1.82, 2.24) is 9.97 Å². The number of benzene rings is 1. The zero-order chi connectivity index (χ0) is 12.3. The van der Waals surface area contributed by atoms with E-state index in [4.69, 9.17) is 5.73 Å². The summed E-state index contributed by atoms with van der Waals surface area (Å²) < 4.78 is 1.10. The Balaban J connectivity index is 2.13. The van der Waals surface area contributed by atoms with Crippen LogP contribution in [0.5, 0.6) is 0 Å². The van der Waals surface area contributed by atoms with Crippen molar-refractivity contribution >= 4 is 27.7 Å². The maximum Gasteiger partial charge on any atom is 0.170 e. The van der Waals surface area contributed by atoms with Crippen LogP contribution in [0, 0.1) is 0 Å². The Bertz CT molecular complexity index is 483. The Hall–Kier alpha value is -0.780. The van der Waals surface area contributed by atoms with E-state index in [0.29, 0.717) is 0 Å². The second-order valence-electron chi connectivity index (χ2n) is 3.93. The second-order valence-corrected chi connectivity index (χ2v) is 5.85. The lowest BCUT2D eigenvalue weighted by atomic mass is 10.1. The molecule has 1 aromatic carbocycles. The van der Waals surface area contributed by atoms with Gasteiger partial charge in [-0.05, 0) is 31.0 Å². The van der Waals surface area contributed by atoms with Gasteiger partial charge in [0.05, 0.1) is 0 Å². The van der Waals surface area contributed by atoms with Gasteiger partial charge < -0.3 is 10.7 Å². The standard InChI is InChI=1S/C12H14BrN3S/c1-8(14)6-9-2-3-10(7-11(9)13)17-12-15-4-5-16-12/h2-5,7-8H,6,14H2,1H3,(H,15,16). The number of hydrogen-bond donors (Lipinski definition) is 2. The Labute approximate surface area is 113 Å². The van der Waals surface area contributed by atoms with Crippen molar-refractivity contribution in [2.24, 2.45) is 5.73 Å². The lowest BCUT2D eigenvalue weighted by Crippen LogP contribution is -2.17. The molecule has 0 saturated heterocycles. The topological polar surface area (TPSA) is 54.7 Å². The van der Waals surface area contributed by atoms with Gasteiger partial charge in [0.25, 0.3) is 0 Å². The highest BCUT2D eigenvalue weighted by atomic mass is 79.9. The molecule has 1 unspecified atom stereocenters. The van der Waals surface area contributed by atoms with Gasteiger partial charge in [0.2, 0.25) is 0 Å². The third kappa shape index (κ3) is 3.59. The minimum atomic E-state index is 0.176. The molecule has 5 heteroatoms. The molecular weight excluding hydrogens is 298 g/mol. The van der Waals surface area contributed by atoms with Gasteiger partial charge in [-0.1, -0.05) is 33.8 Å². The quantitative estimate of drug-likeness (QED) is 0.911. The molecule has 90 valence electrons. The predicted octanol–water partition coefficient (Wildman–Crippen LogP) is 3.21. The number of nitrogens with zero attached hydrogens (tertiary/aromatic N) is 1. The number of nitrogens with two attached hydrogens (primary N) is 1. The average molecular weight is 312 g/mol. The molecule has 0 aliphatic rings. The fraction of sp³-hybridized carbons (Fsp3) is 0.250. The van der Waals surface area contributed by atoms with Crippen LogP contribution in [0.15, 0.2) is 45.1 Å². The van der Waals surface area contributed by atoms with E-state index in [0.717, 1.165) is 20.9 Å². The van der Waals surface area contributed by atoms with E-state index < -0.39 is 0 Å². The molecule has 0 radical (unpaired) electrons. The molecule has 3 nitrogen and oxygen atoms in total. The van der Waals surface area contributed by atoms with Gasteiger partial charge in [-0.25, -0.2) is 4.98 Å². The molecule has 1 heterocycles. The molecule has 17 heavy (non-hydrogen) atoms. The third-order valence-corrected chi connectivity index (χ3v) is 3.90. The van der Waals surface area contributed by atoms with Crippen LogP contribution in [0.25, 0.3) is 0 Å². The summed E-state index contributed by atoms with van der Waals surface area (Å²) in [7, 11) is 0. The zero-order valence-corrected chi connectivity index (χ0v) is 11.9. The summed E-state index contributed by atoms with van der Waals surface area (Å²) in [4.78, 5) is 8.41. The molecular formula is C12H14BrN3S. The van der Waals surface area contributed by atoms with E-state index in [1.54, 1.807) is 18.0 Å². The first-order valence-electron chi connectivity index (χ1n) is 5.36. The number of H-pyrrole nitrogens is 1. The number of hydrogen-bond acceptors (Lipinski definition) is 3. The van der Waals surface area contributed by atoms with E-state index in [1.807, 2.05) is 13.1 Å². The number of rotatable bonds is 4. The molecule has 0 bridgehead atoms. The lowest BCUT2D eigenvalue weighted by Gasteiger charge is -2.08. The van der Waals surface area contributed by atoms with Crippen molar-refractivity contribution in [2.45, 2.75) is 29.4 Å². The van der Waals surface area contributed by atoms with Gasteiger partial charge in [-0.15, -0.1) is 0 Å². The van der Waals surface area contributed by atoms with E-state index in [-0.39, 0.29) is 6.04 Å². The highest BCUT2D eigenvalue weighted by Gasteiger charge is 2.06. The first kappa shape index (κ1) is 12.7. The molecule has 0 aliphatic heterocycles. The van der Waals surface area contributed by atoms with Gasteiger partial charge in [-0.2, -0.15) is 0 Å². The van der Waals surface area contributed by atoms with E-state index in [1.165, 1.54) is 5.56 Å². The first-order valence-corrected chi connectivity index (χ1v) is 6.97. The third-order valence-electron chi connectivity index (χ3n) is 2.25. The molecule has 1 atom stereocenters. The van der Waals surface area contributed by atoms with Crippen LogP contribution < -0.4 is 5.73 Å². The normalized spacial score (nSPS) is 12.6. The monoisotopic (exact) mass is 311 g/mol. The first-order chi connectivity index (χ1) is 8.15. The zero-order valence-electron chi connectivity index (χ0n) is 9.48. The number of aromatic nitrogens is 2. The van der Waals surface area contributed by atoms with Crippen LogP contribution in [0.1, 0.15) is 12.5 Å². The maximum atomic E-state index is 5.80. The summed E-state index contributed by atoms with van der Waals surface area (Å²) in [5, 5.41) is 0.900. The van der Waals surface area contributed by atoms with Gasteiger partial charge in [0.1, 0.15) is 0 Å². The van der Waals surface area contributed by atoms with E-state index in [9.17, 15) is 0 Å². The fourth-order valence-electron chi connectivity index (χ4n) is 1.52. The molecule has 2 aromatic rings. The summed E-state index contributed by atoms with van der Waals surface area (Å²) in [5.74, 6) is 0. The Morgan fingerprint density at radius 2 is 2.35 bits per heavy atom. The Kier molecular flexibility index (Phi) is 4.25. The average Bonchev–Trinajstić information content (AvgIpc) is 2.74. The van der Waals surface area contributed by atoms with Crippen LogP contribution in [0.2, 0.25) is 0 Å². The maximum absolute atomic E-state index is 5.80. The summed E-state index contributed by atoms with van der Waals surface area (Å²) in [6, 6.07) is 6.48. The van der Waals surface area contributed by atoms with Crippen molar-refractivity contribution in [2.75, 3.05) is 0 Å².